The Hall–Kier alpha value is -4.36. The first-order valence-corrected chi connectivity index (χ1v) is 30.2. The Kier molecular flexibility index (Phi) is 48.0. The van der Waals surface area contributed by atoms with Gasteiger partial charge in [0.25, 0.3) is 0 Å². The van der Waals surface area contributed by atoms with Crippen LogP contribution < -0.4 is 0 Å². The second-order valence-electron chi connectivity index (χ2n) is 20.2. The highest BCUT2D eigenvalue weighted by Crippen LogP contribution is 2.26. The van der Waals surface area contributed by atoms with Crippen LogP contribution in [0.5, 0.6) is 0 Å². The van der Waals surface area contributed by atoms with Gasteiger partial charge in [0.05, 0.1) is 6.61 Å². The molecule has 1 saturated heterocycles. The molecule has 12 heteroatoms. The summed E-state index contributed by atoms with van der Waals surface area (Å²) in [6, 6.07) is 0. The summed E-state index contributed by atoms with van der Waals surface area (Å²) in [4.78, 5) is 51.1. The molecule has 6 unspecified atom stereocenters. The predicted octanol–water partition coefficient (Wildman–Crippen LogP) is 15.7. The Morgan fingerprint density at radius 1 is 0.442 bits per heavy atom. The zero-order chi connectivity index (χ0) is 56.1. The Balaban J connectivity index is 2.68. The highest BCUT2D eigenvalue weighted by atomic mass is 16.7. The van der Waals surface area contributed by atoms with Gasteiger partial charge in [-0.3, -0.25) is 14.4 Å². The third-order valence-corrected chi connectivity index (χ3v) is 13.2. The van der Waals surface area contributed by atoms with E-state index >= 15 is 0 Å². The van der Waals surface area contributed by atoms with E-state index in [9.17, 15) is 34.5 Å². The van der Waals surface area contributed by atoms with Gasteiger partial charge < -0.3 is 39.0 Å². The van der Waals surface area contributed by atoms with Gasteiger partial charge in [0.1, 0.15) is 18.8 Å². The van der Waals surface area contributed by atoms with Crippen LogP contribution in [0.25, 0.3) is 0 Å². The minimum Gasteiger partial charge on any atom is -0.479 e. The number of aliphatic carboxylic acids is 1. The molecule has 1 fully saturated rings. The second kappa shape index (κ2) is 52.3. The molecule has 1 aliphatic rings. The lowest BCUT2D eigenvalue weighted by atomic mass is 9.98. The van der Waals surface area contributed by atoms with E-state index in [1.165, 1.54) is 44.9 Å². The molecule has 0 spiro atoms. The molecule has 0 radical (unpaired) electrons. The van der Waals surface area contributed by atoms with Gasteiger partial charge in [-0.05, 0) is 96.3 Å². The molecule has 0 saturated carbocycles. The van der Waals surface area contributed by atoms with Crippen molar-refractivity contribution in [2.24, 2.45) is 0 Å². The number of carboxylic acids is 1. The summed E-state index contributed by atoms with van der Waals surface area (Å²) in [6.07, 6.45) is 56.6. The number of hydrogen-bond donors (Lipinski definition) is 3. The van der Waals surface area contributed by atoms with Crippen molar-refractivity contribution in [2.45, 2.75) is 276 Å². The number of aliphatic hydroxyl groups is 2. The second-order valence-corrected chi connectivity index (χ2v) is 20.2. The number of rotatable bonds is 50. The molecule has 0 aliphatic carbocycles. The zero-order valence-corrected chi connectivity index (χ0v) is 48.2. The molecular formula is C65H106O12. The summed E-state index contributed by atoms with van der Waals surface area (Å²) in [7, 11) is 0. The minimum absolute atomic E-state index is 0.0281. The number of carbonyl (C=O) groups excluding carboxylic acids is 3. The average molecular weight is 1080 g/mol. The standard InChI is InChI=1S/C65H106O12/c1-4-7-10-13-16-19-22-24-26-28-29-31-32-34-37-39-42-45-48-51-57(66)73-54-56(75-58(67)52-49-46-43-40-36-21-18-15-12-9-6-3)55-74-65-63(61(70)60(69)62(77-65)64(71)72)76-59(68)53-50-47-44-41-38-35-33-30-27-25-23-20-17-14-11-8-5-2/h7-8,10-11,16-17,19-20,24-27,29,31,33,35,56,60-63,65,69-70H,4-6,9,12-15,18,21-23,28,30,32,34,36-55H2,1-3H3,(H,71,72)/b10-7-,11-8-,19-16-,20-17-,26-24-,27-25-,31-29-,35-33-. The van der Waals surface area contributed by atoms with Crippen molar-refractivity contribution in [3.05, 3.63) is 97.2 Å². The van der Waals surface area contributed by atoms with Gasteiger partial charge in [0.2, 0.25) is 0 Å². The van der Waals surface area contributed by atoms with Crippen LogP contribution in [-0.2, 0) is 42.9 Å². The van der Waals surface area contributed by atoms with Gasteiger partial charge >= 0.3 is 23.9 Å². The van der Waals surface area contributed by atoms with Crippen molar-refractivity contribution in [1.82, 2.24) is 0 Å². The van der Waals surface area contributed by atoms with E-state index in [1.54, 1.807) is 0 Å². The minimum atomic E-state index is -1.92. The van der Waals surface area contributed by atoms with E-state index in [0.717, 1.165) is 135 Å². The molecule has 1 rings (SSSR count). The highest BCUT2D eigenvalue weighted by Gasteiger charge is 2.50. The first-order chi connectivity index (χ1) is 37.6. The van der Waals surface area contributed by atoms with Gasteiger partial charge in [-0.1, -0.05) is 221 Å². The summed E-state index contributed by atoms with van der Waals surface area (Å²) in [6.45, 7) is 5.74. The van der Waals surface area contributed by atoms with Crippen LogP contribution >= 0.6 is 0 Å². The summed E-state index contributed by atoms with van der Waals surface area (Å²) in [5.41, 5.74) is 0. The highest BCUT2D eigenvalue weighted by molar-refractivity contribution is 5.74. The van der Waals surface area contributed by atoms with E-state index in [1.807, 2.05) is 0 Å². The Morgan fingerprint density at radius 3 is 1.25 bits per heavy atom. The first kappa shape index (κ1) is 70.7. The molecule has 1 heterocycles. The van der Waals surface area contributed by atoms with Crippen LogP contribution in [0.3, 0.4) is 0 Å². The maximum Gasteiger partial charge on any atom is 0.335 e. The summed E-state index contributed by atoms with van der Waals surface area (Å²) < 4.78 is 28.4. The van der Waals surface area contributed by atoms with Crippen LogP contribution in [-0.4, -0.2) is 89.2 Å². The third kappa shape index (κ3) is 42.3. The smallest absolute Gasteiger partial charge is 0.335 e. The Labute approximate surface area is 466 Å². The molecule has 12 nitrogen and oxygen atoms in total. The van der Waals surface area contributed by atoms with Crippen LogP contribution in [0.15, 0.2) is 97.2 Å². The largest absolute Gasteiger partial charge is 0.479 e. The SMILES string of the molecule is CC/C=C\C/C=C\C/C=C\C/C=C\CCCCCCCCC(=O)OCC(COC1OC(C(=O)O)C(O)C(O)C1OC(=O)CCCCCC/C=C\C/C=C\C/C=C\C/C=C\CC)OC(=O)CCCCCCCCCCCCC. The van der Waals surface area contributed by atoms with Crippen LogP contribution in [0.1, 0.15) is 239 Å². The van der Waals surface area contributed by atoms with Gasteiger partial charge in [0, 0.05) is 19.3 Å². The van der Waals surface area contributed by atoms with Crippen LogP contribution in [0.4, 0.5) is 0 Å². The van der Waals surface area contributed by atoms with Gasteiger partial charge in [-0.15, -0.1) is 0 Å². The maximum absolute atomic E-state index is 13.1. The number of esters is 3. The summed E-state index contributed by atoms with van der Waals surface area (Å²) in [5, 5.41) is 31.5. The number of unbranched alkanes of at least 4 members (excludes halogenated alkanes) is 20. The average Bonchev–Trinajstić information content (AvgIpc) is 3.41. The number of hydrogen-bond acceptors (Lipinski definition) is 11. The number of ether oxygens (including phenoxy) is 5. The normalized spacial score (nSPS) is 18.7. The van der Waals surface area contributed by atoms with E-state index < -0.39 is 67.3 Å². The molecule has 0 amide bonds. The fourth-order valence-corrected chi connectivity index (χ4v) is 8.58. The number of carboxylic acid groups (broad SMARTS) is 1. The van der Waals surface area contributed by atoms with Gasteiger partial charge in [-0.25, -0.2) is 4.79 Å². The number of allylic oxidation sites excluding steroid dienone is 16. The molecule has 1 aliphatic heterocycles. The van der Waals surface area contributed by atoms with Crippen molar-refractivity contribution >= 4 is 23.9 Å². The lowest BCUT2D eigenvalue weighted by Crippen LogP contribution is -2.61. The number of aliphatic hydroxyl groups excluding tert-OH is 2. The third-order valence-electron chi connectivity index (χ3n) is 13.2. The van der Waals surface area contributed by atoms with Crippen molar-refractivity contribution in [2.75, 3.05) is 13.2 Å². The molecular weight excluding hydrogens is 973 g/mol. The molecule has 0 aromatic heterocycles. The Morgan fingerprint density at radius 2 is 0.818 bits per heavy atom. The molecule has 0 aromatic rings. The lowest BCUT2D eigenvalue weighted by Gasteiger charge is -2.40. The van der Waals surface area contributed by atoms with Crippen molar-refractivity contribution < 1.29 is 58.2 Å². The summed E-state index contributed by atoms with van der Waals surface area (Å²) >= 11 is 0. The molecule has 0 bridgehead atoms. The van der Waals surface area contributed by atoms with E-state index in [-0.39, 0.29) is 25.9 Å². The van der Waals surface area contributed by atoms with Crippen molar-refractivity contribution in [1.29, 1.82) is 0 Å². The first-order valence-electron chi connectivity index (χ1n) is 30.2. The fourth-order valence-electron chi connectivity index (χ4n) is 8.58. The summed E-state index contributed by atoms with van der Waals surface area (Å²) in [5.74, 6) is -3.17. The molecule has 77 heavy (non-hydrogen) atoms. The zero-order valence-electron chi connectivity index (χ0n) is 48.2. The topological polar surface area (TPSA) is 175 Å². The van der Waals surface area contributed by atoms with E-state index in [2.05, 4.69) is 118 Å². The predicted molar refractivity (Wildman–Crippen MR) is 312 cm³/mol. The number of carbonyl (C=O) groups is 4. The molecule has 3 N–H and O–H groups in total. The molecule has 438 valence electrons. The molecule has 6 atom stereocenters. The Bertz CT molecular complexity index is 1710. The van der Waals surface area contributed by atoms with Gasteiger partial charge in [-0.2, -0.15) is 0 Å². The van der Waals surface area contributed by atoms with E-state index in [4.69, 9.17) is 23.7 Å². The van der Waals surface area contributed by atoms with Crippen LogP contribution in [0.2, 0.25) is 0 Å². The van der Waals surface area contributed by atoms with Crippen LogP contribution in [0, 0.1) is 0 Å². The monoisotopic (exact) mass is 1080 g/mol. The maximum atomic E-state index is 13.1. The quantitative estimate of drug-likeness (QED) is 0.0228. The molecule has 0 aromatic carbocycles. The lowest BCUT2D eigenvalue weighted by molar-refractivity contribution is -0.301. The fraction of sp³-hybridized carbons (Fsp3) is 0.692. The van der Waals surface area contributed by atoms with Gasteiger partial charge in [0.15, 0.2) is 24.6 Å². The van der Waals surface area contributed by atoms with E-state index in [0.29, 0.717) is 19.3 Å². The van der Waals surface area contributed by atoms with Crippen molar-refractivity contribution in [3.8, 4) is 0 Å². The van der Waals surface area contributed by atoms with Crippen molar-refractivity contribution in [3.63, 3.8) is 0 Å².